The van der Waals surface area contributed by atoms with Crippen LogP contribution in [0, 0.1) is 0 Å². The van der Waals surface area contributed by atoms with Gasteiger partial charge in [0.05, 0.1) is 11.4 Å². The van der Waals surface area contributed by atoms with Crippen molar-refractivity contribution in [3.05, 3.63) is 199 Å². The maximum absolute atomic E-state index is 6.73. The average molecular weight is 679 g/mol. The van der Waals surface area contributed by atoms with Gasteiger partial charge in [0.25, 0.3) is 0 Å². The molecule has 0 N–H and O–H groups in total. The smallest absolute Gasteiger partial charge is 0.160 e. The van der Waals surface area contributed by atoms with Crippen LogP contribution in [0.4, 0.5) is 0 Å². The van der Waals surface area contributed by atoms with Gasteiger partial charge in [-0.3, -0.25) is 0 Å². The fraction of sp³-hybridized carbons (Fsp3) is 0.0400. The number of aliphatic imine (C=N–C) groups is 2. The third kappa shape index (κ3) is 5.64. The van der Waals surface area contributed by atoms with E-state index in [1.54, 1.807) is 0 Å². The van der Waals surface area contributed by atoms with E-state index >= 15 is 0 Å². The van der Waals surface area contributed by atoms with Crippen molar-refractivity contribution in [3.8, 4) is 22.3 Å². The number of nitrogens with zero attached hydrogens (tertiary/aromatic N) is 2. The molecule has 0 fully saturated rings. The van der Waals surface area contributed by atoms with Gasteiger partial charge in [-0.25, -0.2) is 9.98 Å². The number of rotatable bonds is 5. The van der Waals surface area contributed by atoms with E-state index in [-0.39, 0.29) is 0 Å². The first-order chi connectivity index (χ1) is 26.3. The van der Waals surface area contributed by atoms with E-state index in [0.717, 1.165) is 85.1 Å². The number of hydrogen-bond acceptors (Lipinski definition) is 3. The Hall–Kier alpha value is -6.84. The summed E-state index contributed by atoms with van der Waals surface area (Å²) in [7, 11) is 0. The Bertz CT molecular complexity index is 2920. The van der Waals surface area contributed by atoms with Gasteiger partial charge in [-0.15, -0.1) is 0 Å². The topological polar surface area (TPSA) is 37.9 Å². The minimum atomic E-state index is 0.683. The standard InChI is InChI=1S/C50H34N2O/c1-4-15-33(16-5-1)41-29-36-21-10-11-22-37(36)30-42(41)46-26-14-25-45(34-17-6-2-7-18-34)51-50(52-46)39-27-28-47-43(32-39)44-31-38-23-12-13-24-40(38)48(49(44)53-47)35-19-8-3-9-20-35/h1-13,15-24,26-32H,14,25H2. The number of allylic oxidation sites excluding steroid dienone is 1. The molecule has 0 saturated carbocycles. The summed E-state index contributed by atoms with van der Waals surface area (Å²) < 4.78 is 6.73. The fourth-order valence-electron chi connectivity index (χ4n) is 7.77. The zero-order valence-electron chi connectivity index (χ0n) is 29.0. The summed E-state index contributed by atoms with van der Waals surface area (Å²) in [5.74, 6) is 0.683. The van der Waals surface area contributed by atoms with E-state index in [1.165, 1.54) is 21.5 Å². The van der Waals surface area contributed by atoms with Gasteiger partial charge in [0, 0.05) is 27.5 Å². The largest absolute Gasteiger partial charge is 0.455 e. The maximum atomic E-state index is 6.73. The van der Waals surface area contributed by atoms with Crippen molar-refractivity contribution in [2.45, 2.75) is 12.8 Å². The normalized spacial score (nSPS) is 13.5. The van der Waals surface area contributed by atoms with E-state index in [9.17, 15) is 0 Å². The van der Waals surface area contributed by atoms with Crippen LogP contribution < -0.4 is 0 Å². The first-order valence-corrected chi connectivity index (χ1v) is 18.2. The molecule has 10 rings (SSSR count). The summed E-state index contributed by atoms with van der Waals surface area (Å²) in [5.41, 5.74) is 11.4. The van der Waals surface area contributed by atoms with Crippen LogP contribution >= 0.6 is 0 Å². The third-order valence-electron chi connectivity index (χ3n) is 10.3. The van der Waals surface area contributed by atoms with Crippen LogP contribution in [-0.4, -0.2) is 11.5 Å². The molecule has 0 atom stereocenters. The van der Waals surface area contributed by atoms with E-state index in [0.29, 0.717) is 5.84 Å². The molecule has 1 aliphatic heterocycles. The minimum absolute atomic E-state index is 0.683. The lowest BCUT2D eigenvalue weighted by Crippen LogP contribution is -2.09. The zero-order valence-corrected chi connectivity index (χ0v) is 29.0. The predicted octanol–water partition coefficient (Wildman–Crippen LogP) is 13.3. The fourth-order valence-corrected chi connectivity index (χ4v) is 7.77. The summed E-state index contributed by atoms with van der Waals surface area (Å²) in [6.07, 6.45) is 3.91. The lowest BCUT2D eigenvalue weighted by atomic mass is 9.93. The molecule has 0 aliphatic carbocycles. The van der Waals surface area contributed by atoms with Crippen molar-refractivity contribution in [2.24, 2.45) is 9.98 Å². The van der Waals surface area contributed by atoms with Crippen molar-refractivity contribution in [3.63, 3.8) is 0 Å². The lowest BCUT2D eigenvalue weighted by Gasteiger charge is -2.16. The first-order valence-electron chi connectivity index (χ1n) is 18.2. The second-order valence-electron chi connectivity index (χ2n) is 13.6. The molecular formula is C50H34N2O. The summed E-state index contributed by atoms with van der Waals surface area (Å²) in [6, 6.07) is 62.0. The Labute approximate surface area is 307 Å². The van der Waals surface area contributed by atoms with Crippen molar-refractivity contribution < 1.29 is 4.42 Å². The Kier molecular flexibility index (Phi) is 7.62. The van der Waals surface area contributed by atoms with Crippen LogP contribution in [-0.2, 0) is 0 Å². The molecule has 250 valence electrons. The molecule has 0 unspecified atom stereocenters. The second kappa shape index (κ2) is 13.0. The molecular weight excluding hydrogens is 645 g/mol. The summed E-state index contributed by atoms with van der Waals surface area (Å²) in [6.45, 7) is 0. The third-order valence-corrected chi connectivity index (χ3v) is 10.3. The molecule has 3 heteroatoms. The first kappa shape index (κ1) is 30.9. The molecule has 0 bridgehead atoms. The van der Waals surface area contributed by atoms with Crippen LogP contribution in [0.2, 0.25) is 0 Å². The van der Waals surface area contributed by atoms with E-state index in [1.807, 2.05) is 0 Å². The van der Waals surface area contributed by atoms with E-state index in [2.05, 4.69) is 182 Å². The van der Waals surface area contributed by atoms with Crippen LogP contribution in [0.25, 0.3) is 71.4 Å². The van der Waals surface area contributed by atoms with Crippen LogP contribution in [0.15, 0.2) is 196 Å². The van der Waals surface area contributed by atoms with Crippen molar-refractivity contribution in [2.75, 3.05) is 0 Å². The van der Waals surface area contributed by atoms with Gasteiger partial charge in [-0.2, -0.15) is 0 Å². The average Bonchev–Trinajstić information content (AvgIpc) is 3.58. The molecule has 53 heavy (non-hydrogen) atoms. The van der Waals surface area contributed by atoms with E-state index in [4.69, 9.17) is 14.4 Å². The quantitative estimate of drug-likeness (QED) is 0.179. The highest BCUT2D eigenvalue weighted by molar-refractivity contribution is 6.20. The highest BCUT2D eigenvalue weighted by Crippen LogP contribution is 2.42. The Morgan fingerprint density at radius 3 is 1.79 bits per heavy atom. The van der Waals surface area contributed by atoms with Gasteiger partial charge < -0.3 is 4.42 Å². The van der Waals surface area contributed by atoms with Gasteiger partial charge in [-0.1, -0.05) is 146 Å². The molecule has 0 saturated heterocycles. The molecule has 8 aromatic carbocycles. The number of fused-ring (bicyclic) bond motifs is 5. The van der Waals surface area contributed by atoms with Crippen LogP contribution in [0.1, 0.15) is 29.5 Å². The van der Waals surface area contributed by atoms with Crippen molar-refractivity contribution in [1.29, 1.82) is 0 Å². The Morgan fingerprint density at radius 1 is 0.434 bits per heavy atom. The van der Waals surface area contributed by atoms with Crippen LogP contribution in [0.3, 0.4) is 0 Å². The van der Waals surface area contributed by atoms with E-state index < -0.39 is 0 Å². The number of hydrogen-bond donors (Lipinski definition) is 0. The molecule has 3 nitrogen and oxygen atoms in total. The predicted molar refractivity (Wildman–Crippen MR) is 223 cm³/mol. The van der Waals surface area contributed by atoms with Gasteiger partial charge in [0.15, 0.2) is 5.84 Å². The molecule has 9 aromatic rings. The monoisotopic (exact) mass is 678 g/mol. The lowest BCUT2D eigenvalue weighted by molar-refractivity contribution is 0.670. The highest BCUT2D eigenvalue weighted by atomic mass is 16.3. The second-order valence-corrected chi connectivity index (χ2v) is 13.6. The number of furan rings is 1. The number of amidine groups is 1. The molecule has 0 spiro atoms. The summed E-state index contributed by atoms with van der Waals surface area (Å²) in [4.78, 5) is 10.9. The Balaban J connectivity index is 1.21. The molecule has 1 aromatic heterocycles. The van der Waals surface area contributed by atoms with Gasteiger partial charge in [-0.05, 0) is 93.0 Å². The molecule has 0 amide bonds. The molecule has 2 heterocycles. The minimum Gasteiger partial charge on any atom is -0.455 e. The highest BCUT2D eigenvalue weighted by Gasteiger charge is 2.20. The Morgan fingerprint density at radius 2 is 1.06 bits per heavy atom. The van der Waals surface area contributed by atoms with Gasteiger partial charge in [0.2, 0.25) is 0 Å². The van der Waals surface area contributed by atoms with Crippen molar-refractivity contribution >= 4 is 60.7 Å². The molecule has 0 radical (unpaired) electrons. The number of benzene rings is 8. The van der Waals surface area contributed by atoms with Crippen LogP contribution in [0.5, 0.6) is 0 Å². The SMILES string of the molecule is C1=C(c2cc3ccccc3cc2-c2ccccc2)N=C(c2ccc3oc4c(-c5ccccc5)c5ccccc5cc4c3c2)N=C(c2ccccc2)CC1. The van der Waals surface area contributed by atoms with Gasteiger partial charge >= 0.3 is 0 Å². The zero-order chi connectivity index (χ0) is 35.1. The summed E-state index contributed by atoms with van der Waals surface area (Å²) >= 11 is 0. The summed E-state index contributed by atoms with van der Waals surface area (Å²) in [5, 5.41) is 6.86. The maximum Gasteiger partial charge on any atom is 0.160 e. The van der Waals surface area contributed by atoms with Crippen molar-refractivity contribution in [1.82, 2.24) is 0 Å². The van der Waals surface area contributed by atoms with Gasteiger partial charge in [0.1, 0.15) is 11.2 Å². The molecule has 1 aliphatic rings.